The number of unbranched alkanes of at least 4 members (excludes halogenated alkanes) is 31. The molecule has 0 saturated heterocycles. The van der Waals surface area contributed by atoms with Crippen molar-refractivity contribution in [1.29, 1.82) is 0 Å². The van der Waals surface area contributed by atoms with Gasteiger partial charge in [0.2, 0.25) is 0 Å². The first-order valence-electron chi connectivity index (χ1n) is 34.5. The van der Waals surface area contributed by atoms with Gasteiger partial charge in [-0.2, -0.15) is 0 Å². The summed E-state index contributed by atoms with van der Waals surface area (Å²) >= 11 is 0. The van der Waals surface area contributed by atoms with Crippen LogP contribution in [0.25, 0.3) is 0 Å². The zero-order chi connectivity index (χ0) is 59.2. The standard InChI is InChI=1S/C76H128O6/c1-4-7-10-13-16-19-22-25-28-31-33-34-35-36-37-38-39-40-41-42-43-46-48-51-54-57-60-63-66-69-75(78)81-72-73(71-80-74(77)68-65-62-59-56-53-50-47-44-30-27-24-21-18-15-12-9-6-3)82-76(79)70-67-64-61-58-55-52-49-45-32-29-26-23-20-17-14-11-8-5-2/h7,9-10,12,16,18-19,21,25,27-28,30,33-34,36-37,39-40,47,50,73H,4-6,8,11,13-15,17,20,22-24,26,29,31-32,35,38,41-46,48-49,51-72H2,1-3H3/b10-7-,12-9-,19-16-,21-18-,28-25-,30-27-,34-33-,37-36-,40-39-,50-47-. The number of allylic oxidation sites excluding steroid dienone is 20. The second-order valence-electron chi connectivity index (χ2n) is 22.7. The van der Waals surface area contributed by atoms with Gasteiger partial charge in [-0.3, -0.25) is 14.4 Å². The second kappa shape index (κ2) is 69.3. The molecule has 0 rings (SSSR count). The summed E-state index contributed by atoms with van der Waals surface area (Å²) in [5.41, 5.74) is 0. The first-order chi connectivity index (χ1) is 40.5. The molecule has 0 amide bonds. The average Bonchev–Trinajstić information content (AvgIpc) is 3.47. The van der Waals surface area contributed by atoms with E-state index in [2.05, 4.69) is 142 Å². The van der Waals surface area contributed by atoms with Gasteiger partial charge in [-0.15, -0.1) is 0 Å². The van der Waals surface area contributed by atoms with Crippen LogP contribution in [0.2, 0.25) is 0 Å². The summed E-state index contributed by atoms with van der Waals surface area (Å²) < 4.78 is 17.0. The van der Waals surface area contributed by atoms with Crippen LogP contribution in [0.1, 0.15) is 323 Å². The van der Waals surface area contributed by atoms with Crippen LogP contribution in [-0.4, -0.2) is 37.2 Å². The van der Waals surface area contributed by atoms with E-state index in [1.807, 2.05) is 0 Å². The summed E-state index contributed by atoms with van der Waals surface area (Å²) in [6, 6.07) is 0. The SMILES string of the molecule is CC/C=C\C/C=C\C/C=C\C/C=C\C/C=C\C/C=C\CCCCCCCCCCCCC(=O)OCC(COC(=O)CCCCCC/C=C\C/C=C\C/C=C\C/C=C\CC)OC(=O)CCCCCCCCCCCCCCCCCCCC. The lowest BCUT2D eigenvalue weighted by Crippen LogP contribution is -2.30. The van der Waals surface area contributed by atoms with Crippen molar-refractivity contribution in [3.8, 4) is 0 Å². The molecule has 6 nitrogen and oxygen atoms in total. The van der Waals surface area contributed by atoms with Crippen LogP contribution in [0.15, 0.2) is 122 Å². The predicted molar refractivity (Wildman–Crippen MR) is 357 cm³/mol. The van der Waals surface area contributed by atoms with Crippen LogP contribution >= 0.6 is 0 Å². The molecule has 0 aliphatic heterocycles. The van der Waals surface area contributed by atoms with E-state index in [0.29, 0.717) is 19.3 Å². The number of rotatable bonds is 62. The third-order valence-electron chi connectivity index (χ3n) is 14.7. The van der Waals surface area contributed by atoms with Gasteiger partial charge in [0.05, 0.1) is 0 Å². The van der Waals surface area contributed by atoms with Crippen LogP contribution in [0.3, 0.4) is 0 Å². The third kappa shape index (κ3) is 66.6. The zero-order valence-corrected chi connectivity index (χ0v) is 53.7. The van der Waals surface area contributed by atoms with Crippen LogP contribution < -0.4 is 0 Å². The van der Waals surface area contributed by atoms with Crippen molar-refractivity contribution in [2.75, 3.05) is 13.2 Å². The first-order valence-corrected chi connectivity index (χ1v) is 34.5. The lowest BCUT2D eigenvalue weighted by molar-refractivity contribution is -0.167. The molecule has 0 bridgehead atoms. The summed E-state index contributed by atoms with van der Waals surface area (Å²) in [4.78, 5) is 38.4. The number of carbonyl (C=O) groups is 3. The van der Waals surface area contributed by atoms with E-state index in [0.717, 1.165) is 135 Å². The van der Waals surface area contributed by atoms with Crippen molar-refractivity contribution in [1.82, 2.24) is 0 Å². The molecule has 468 valence electrons. The highest BCUT2D eigenvalue weighted by Crippen LogP contribution is 2.17. The molecular weight excluding hydrogens is 1010 g/mol. The molecule has 0 aliphatic rings. The monoisotopic (exact) mass is 1140 g/mol. The molecule has 0 radical (unpaired) electrons. The van der Waals surface area contributed by atoms with E-state index in [9.17, 15) is 14.4 Å². The fourth-order valence-corrected chi connectivity index (χ4v) is 9.62. The Morgan fingerprint density at radius 1 is 0.256 bits per heavy atom. The van der Waals surface area contributed by atoms with Crippen molar-refractivity contribution < 1.29 is 28.6 Å². The van der Waals surface area contributed by atoms with Gasteiger partial charge in [-0.25, -0.2) is 0 Å². The molecule has 0 fully saturated rings. The Morgan fingerprint density at radius 3 is 0.744 bits per heavy atom. The van der Waals surface area contributed by atoms with Crippen LogP contribution in [-0.2, 0) is 28.6 Å². The fraction of sp³-hybridized carbons (Fsp3) is 0.697. The van der Waals surface area contributed by atoms with E-state index in [-0.39, 0.29) is 31.1 Å². The quantitative estimate of drug-likeness (QED) is 0.0261. The lowest BCUT2D eigenvalue weighted by atomic mass is 10.0. The zero-order valence-electron chi connectivity index (χ0n) is 53.7. The summed E-state index contributed by atoms with van der Waals surface area (Å²) in [6.45, 7) is 6.42. The molecule has 0 heterocycles. The molecule has 0 aliphatic carbocycles. The summed E-state index contributed by atoms with van der Waals surface area (Å²) in [7, 11) is 0. The number of carbonyl (C=O) groups excluding carboxylic acids is 3. The molecule has 0 aromatic carbocycles. The van der Waals surface area contributed by atoms with Crippen molar-refractivity contribution >= 4 is 17.9 Å². The van der Waals surface area contributed by atoms with Gasteiger partial charge in [-0.1, -0.05) is 316 Å². The molecule has 0 saturated carbocycles. The highest BCUT2D eigenvalue weighted by molar-refractivity contribution is 5.71. The summed E-state index contributed by atoms with van der Waals surface area (Å²) in [6.07, 6.45) is 96.4. The lowest BCUT2D eigenvalue weighted by Gasteiger charge is -2.18. The molecule has 82 heavy (non-hydrogen) atoms. The van der Waals surface area contributed by atoms with Crippen molar-refractivity contribution in [2.24, 2.45) is 0 Å². The van der Waals surface area contributed by atoms with Gasteiger partial charge in [0.1, 0.15) is 13.2 Å². The maximum absolute atomic E-state index is 12.9. The molecule has 0 aromatic heterocycles. The molecule has 1 atom stereocenters. The van der Waals surface area contributed by atoms with E-state index in [1.54, 1.807) is 0 Å². The predicted octanol–water partition coefficient (Wildman–Crippen LogP) is 23.9. The highest BCUT2D eigenvalue weighted by Gasteiger charge is 2.19. The molecule has 1 unspecified atom stereocenters. The molecule has 0 spiro atoms. The topological polar surface area (TPSA) is 78.9 Å². The van der Waals surface area contributed by atoms with Crippen LogP contribution in [0.4, 0.5) is 0 Å². The Labute approximate surface area is 507 Å². The molecular formula is C76H128O6. The van der Waals surface area contributed by atoms with E-state index in [4.69, 9.17) is 14.2 Å². The Hall–Kier alpha value is -4.19. The third-order valence-corrected chi connectivity index (χ3v) is 14.7. The van der Waals surface area contributed by atoms with Gasteiger partial charge in [0.25, 0.3) is 0 Å². The molecule has 6 heteroatoms. The number of ether oxygens (including phenoxy) is 3. The highest BCUT2D eigenvalue weighted by atomic mass is 16.6. The maximum Gasteiger partial charge on any atom is 0.306 e. The molecule has 0 aromatic rings. The Morgan fingerprint density at radius 2 is 0.476 bits per heavy atom. The van der Waals surface area contributed by atoms with Gasteiger partial charge in [-0.05, 0) is 109 Å². The van der Waals surface area contributed by atoms with Crippen LogP contribution in [0, 0.1) is 0 Å². The van der Waals surface area contributed by atoms with E-state index < -0.39 is 6.10 Å². The number of esters is 3. The first kappa shape index (κ1) is 77.8. The van der Waals surface area contributed by atoms with E-state index >= 15 is 0 Å². The molecule has 0 N–H and O–H groups in total. The van der Waals surface area contributed by atoms with Crippen molar-refractivity contribution in [3.05, 3.63) is 122 Å². The number of hydrogen-bond donors (Lipinski definition) is 0. The fourth-order valence-electron chi connectivity index (χ4n) is 9.62. The van der Waals surface area contributed by atoms with Gasteiger partial charge in [0.15, 0.2) is 6.10 Å². The van der Waals surface area contributed by atoms with E-state index in [1.165, 1.54) is 148 Å². The minimum atomic E-state index is -0.793. The number of hydrogen-bond acceptors (Lipinski definition) is 6. The van der Waals surface area contributed by atoms with Crippen molar-refractivity contribution in [2.45, 2.75) is 329 Å². The smallest absolute Gasteiger partial charge is 0.306 e. The summed E-state index contributed by atoms with van der Waals surface area (Å²) in [5, 5.41) is 0. The average molecular weight is 1140 g/mol. The van der Waals surface area contributed by atoms with Gasteiger partial charge in [0, 0.05) is 19.3 Å². The summed E-state index contributed by atoms with van der Waals surface area (Å²) in [5.74, 6) is -0.903. The largest absolute Gasteiger partial charge is 0.462 e. The van der Waals surface area contributed by atoms with Gasteiger partial charge < -0.3 is 14.2 Å². The maximum atomic E-state index is 12.9. The normalized spacial score (nSPS) is 12.9. The van der Waals surface area contributed by atoms with Crippen LogP contribution in [0.5, 0.6) is 0 Å². The second-order valence-corrected chi connectivity index (χ2v) is 22.7. The van der Waals surface area contributed by atoms with Crippen molar-refractivity contribution in [3.63, 3.8) is 0 Å². The Kier molecular flexibility index (Phi) is 65.8. The Balaban J connectivity index is 4.35. The van der Waals surface area contributed by atoms with Gasteiger partial charge >= 0.3 is 17.9 Å². The minimum absolute atomic E-state index is 0.0876. The minimum Gasteiger partial charge on any atom is -0.462 e. The Bertz CT molecular complexity index is 1690.